The first-order chi connectivity index (χ1) is 11.6. The van der Waals surface area contributed by atoms with E-state index in [0.29, 0.717) is 24.0 Å². The minimum absolute atomic E-state index is 0.0942. The summed E-state index contributed by atoms with van der Waals surface area (Å²) in [6, 6.07) is 6.38. The highest BCUT2D eigenvalue weighted by Crippen LogP contribution is 2.35. The Labute approximate surface area is 142 Å². The second-order valence-electron chi connectivity index (χ2n) is 5.90. The van der Waals surface area contributed by atoms with Crippen LogP contribution in [0.3, 0.4) is 0 Å². The number of ether oxygens (including phenoxy) is 1. The van der Waals surface area contributed by atoms with Crippen LogP contribution in [0, 0.1) is 12.7 Å². The van der Waals surface area contributed by atoms with Crippen molar-refractivity contribution in [3.8, 4) is 5.88 Å². The summed E-state index contributed by atoms with van der Waals surface area (Å²) in [5.74, 6) is 0.473. The maximum Gasteiger partial charge on any atom is 0.235 e. The zero-order valence-corrected chi connectivity index (χ0v) is 14.0. The molecular formula is C16H18FN4O2S+. The highest BCUT2D eigenvalue weighted by atomic mass is 32.1. The van der Waals surface area contributed by atoms with Crippen molar-refractivity contribution in [1.29, 1.82) is 0 Å². The van der Waals surface area contributed by atoms with Gasteiger partial charge in [-0.2, -0.15) is 4.52 Å². The number of benzene rings is 1. The van der Waals surface area contributed by atoms with Crippen molar-refractivity contribution in [2.24, 2.45) is 0 Å². The molecular weight excluding hydrogens is 331 g/mol. The van der Waals surface area contributed by atoms with Gasteiger partial charge in [-0.15, -0.1) is 5.10 Å². The number of quaternary nitrogens is 1. The van der Waals surface area contributed by atoms with Crippen LogP contribution in [0.4, 0.5) is 4.39 Å². The molecule has 0 saturated carbocycles. The van der Waals surface area contributed by atoms with Gasteiger partial charge in [-0.25, -0.2) is 9.37 Å². The zero-order chi connectivity index (χ0) is 16.7. The number of nitrogens with zero attached hydrogens (tertiary/aromatic N) is 3. The maximum atomic E-state index is 13.3. The van der Waals surface area contributed by atoms with E-state index in [2.05, 4.69) is 10.1 Å². The van der Waals surface area contributed by atoms with Crippen LogP contribution in [0.5, 0.6) is 5.88 Å². The van der Waals surface area contributed by atoms with Gasteiger partial charge in [0, 0.05) is 5.56 Å². The Morgan fingerprint density at radius 2 is 2.00 bits per heavy atom. The van der Waals surface area contributed by atoms with Crippen molar-refractivity contribution in [1.82, 2.24) is 14.6 Å². The van der Waals surface area contributed by atoms with E-state index >= 15 is 0 Å². The number of hydrogen-bond donors (Lipinski definition) is 2. The monoisotopic (exact) mass is 349 g/mol. The molecule has 0 bridgehead atoms. The molecule has 0 unspecified atom stereocenters. The van der Waals surface area contributed by atoms with Gasteiger partial charge in [0.05, 0.1) is 13.2 Å². The van der Waals surface area contributed by atoms with E-state index in [1.165, 1.54) is 32.9 Å². The molecule has 1 saturated heterocycles. The quantitative estimate of drug-likeness (QED) is 0.739. The van der Waals surface area contributed by atoms with E-state index in [4.69, 9.17) is 4.74 Å². The van der Waals surface area contributed by atoms with Gasteiger partial charge in [0.15, 0.2) is 6.04 Å². The van der Waals surface area contributed by atoms with Crippen molar-refractivity contribution < 1.29 is 19.1 Å². The molecule has 0 spiro atoms. The summed E-state index contributed by atoms with van der Waals surface area (Å²) >= 11 is 1.43. The first kappa shape index (κ1) is 15.5. The average molecular weight is 349 g/mol. The topological polar surface area (TPSA) is 64.1 Å². The fraction of sp³-hybridized carbons (Fsp3) is 0.375. The molecule has 1 aliphatic rings. The van der Waals surface area contributed by atoms with Gasteiger partial charge in [-0.05, 0) is 31.2 Å². The Balaban J connectivity index is 1.82. The van der Waals surface area contributed by atoms with Gasteiger partial charge >= 0.3 is 0 Å². The van der Waals surface area contributed by atoms with Crippen molar-refractivity contribution >= 4 is 16.3 Å². The fourth-order valence-electron chi connectivity index (χ4n) is 3.19. The molecule has 2 N–H and O–H groups in total. The molecule has 8 heteroatoms. The Hall–Kier alpha value is -2.03. The van der Waals surface area contributed by atoms with Crippen molar-refractivity contribution in [2.45, 2.75) is 13.0 Å². The van der Waals surface area contributed by atoms with Crippen LogP contribution < -0.4 is 4.90 Å². The van der Waals surface area contributed by atoms with Gasteiger partial charge in [-0.3, -0.25) is 0 Å². The van der Waals surface area contributed by atoms with E-state index in [1.54, 1.807) is 19.1 Å². The van der Waals surface area contributed by atoms with Gasteiger partial charge in [-0.1, -0.05) is 11.3 Å². The number of nitrogens with one attached hydrogen (secondary N) is 1. The van der Waals surface area contributed by atoms with Crippen LogP contribution in [-0.4, -0.2) is 46.0 Å². The SMILES string of the molecule is Cc1nc2sc([C@@H](c3ccc(F)cc3)[NH+]3CCOCC3)c(O)n2n1. The van der Waals surface area contributed by atoms with E-state index in [1.807, 2.05) is 0 Å². The summed E-state index contributed by atoms with van der Waals surface area (Å²) < 4.78 is 20.3. The third kappa shape index (κ3) is 2.66. The minimum Gasteiger partial charge on any atom is -0.492 e. The number of hydrogen-bond acceptors (Lipinski definition) is 5. The lowest BCUT2D eigenvalue weighted by Crippen LogP contribution is -3.14. The van der Waals surface area contributed by atoms with E-state index in [0.717, 1.165) is 23.5 Å². The van der Waals surface area contributed by atoms with Gasteiger partial charge < -0.3 is 14.7 Å². The van der Waals surface area contributed by atoms with Crippen LogP contribution in [0.15, 0.2) is 24.3 Å². The third-order valence-corrected chi connectivity index (χ3v) is 5.40. The molecule has 6 nitrogen and oxygen atoms in total. The van der Waals surface area contributed by atoms with E-state index in [-0.39, 0.29) is 17.7 Å². The summed E-state index contributed by atoms with van der Waals surface area (Å²) in [6.45, 7) is 4.80. The predicted octanol–water partition coefficient (Wildman–Crippen LogP) is 0.948. The predicted molar refractivity (Wildman–Crippen MR) is 87.0 cm³/mol. The average Bonchev–Trinajstić information content (AvgIpc) is 3.09. The number of aromatic nitrogens is 3. The molecule has 4 rings (SSSR count). The molecule has 0 radical (unpaired) electrons. The highest BCUT2D eigenvalue weighted by molar-refractivity contribution is 7.17. The Morgan fingerprint density at radius 3 is 2.67 bits per heavy atom. The van der Waals surface area contributed by atoms with Gasteiger partial charge in [0.1, 0.15) is 29.6 Å². The molecule has 1 aliphatic heterocycles. The number of fused-ring (bicyclic) bond motifs is 1. The summed E-state index contributed by atoms with van der Waals surface area (Å²) in [5, 5.41) is 14.9. The van der Waals surface area contributed by atoms with Crippen LogP contribution >= 0.6 is 11.3 Å². The second kappa shape index (κ2) is 6.12. The van der Waals surface area contributed by atoms with Crippen LogP contribution in [0.1, 0.15) is 22.3 Å². The number of rotatable bonds is 3. The Bertz CT molecular complexity index is 855. The molecule has 1 aromatic carbocycles. The fourth-order valence-corrected chi connectivity index (χ4v) is 4.37. The van der Waals surface area contributed by atoms with Crippen molar-refractivity contribution in [3.63, 3.8) is 0 Å². The van der Waals surface area contributed by atoms with Crippen LogP contribution in [-0.2, 0) is 4.74 Å². The smallest absolute Gasteiger partial charge is 0.235 e. The molecule has 0 amide bonds. The molecule has 24 heavy (non-hydrogen) atoms. The Kier molecular flexibility index (Phi) is 3.95. The standard InChI is InChI=1S/C16H17FN4O2S/c1-10-18-16-21(19-10)15(22)14(24-16)13(20-6-8-23-9-7-20)11-2-4-12(17)5-3-11/h2-5,13,22H,6-9H2,1H3/p+1/t13-/m1/s1. The van der Waals surface area contributed by atoms with E-state index in [9.17, 15) is 9.50 Å². The number of aryl methyl sites for hydroxylation is 1. The largest absolute Gasteiger partial charge is 0.492 e. The maximum absolute atomic E-state index is 13.3. The zero-order valence-electron chi connectivity index (χ0n) is 13.2. The molecule has 3 aromatic rings. The first-order valence-corrected chi connectivity index (χ1v) is 8.68. The number of halogens is 1. The van der Waals surface area contributed by atoms with Gasteiger partial charge in [0.25, 0.3) is 0 Å². The first-order valence-electron chi connectivity index (χ1n) is 7.86. The number of morpholine rings is 1. The highest BCUT2D eigenvalue weighted by Gasteiger charge is 2.33. The van der Waals surface area contributed by atoms with Gasteiger partial charge in [0.2, 0.25) is 10.8 Å². The molecule has 1 atom stereocenters. The molecule has 2 aromatic heterocycles. The molecule has 1 fully saturated rings. The lowest BCUT2D eigenvalue weighted by atomic mass is 10.0. The van der Waals surface area contributed by atoms with Crippen molar-refractivity contribution in [3.05, 3.63) is 46.3 Å². The number of aromatic hydroxyl groups is 1. The summed E-state index contributed by atoms with van der Waals surface area (Å²) in [4.78, 5) is 7.09. The summed E-state index contributed by atoms with van der Waals surface area (Å²) in [5.41, 5.74) is 0.963. The van der Waals surface area contributed by atoms with E-state index < -0.39 is 0 Å². The summed E-state index contributed by atoms with van der Waals surface area (Å²) in [6.07, 6.45) is 0. The van der Waals surface area contributed by atoms with Crippen LogP contribution in [0.2, 0.25) is 0 Å². The minimum atomic E-state index is -0.267. The second-order valence-corrected chi connectivity index (χ2v) is 6.91. The summed E-state index contributed by atoms with van der Waals surface area (Å²) in [7, 11) is 0. The van der Waals surface area contributed by atoms with Crippen LogP contribution in [0.25, 0.3) is 4.96 Å². The molecule has 126 valence electrons. The number of thiazole rings is 1. The molecule has 0 aliphatic carbocycles. The lowest BCUT2D eigenvalue weighted by molar-refractivity contribution is -0.932. The normalized spacial score (nSPS) is 17.4. The third-order valence-electron chi connectivity index (χ3n) is 4.31. The Morgan fingerprint density at radius 1 is 1.29 bits per heavy atom. The lowest BCUT2D eigenvalue weighted by Gasteiger charge is -2.31. The molecule has 3 heterocycles. The van der Waals surface area contributed by atoms with Crippen molar-refractivity contribution in [2.75, 3.05) is 26.3 Å².